The summed E-state index contributed by atoms with van der Waals surface area (Å²) in [4.78, 5) is 0. The average Bonchev–Trinajstić information content (AvgIpc) is 2.23. The van der Waals surface area contributed by atoms with Gasteiger partial charge in [0, 0.05) is 3.57 Å². The van der Waals surface area contributed by atoms with Gasteiger partial charge in [0.1, 0.15) is 0 Å². The minimum Gasteiger partial charge on any atom is -0.316 e. The first-order valence-electron chi connectivity index (χ1n) is 5.30. The summed E-state index contributed by atoms with van der Waals surface area (Å²) in [6.45, 7) is 2.41. The molecule has 0 bridgehead atoms. The SMILES string of the molecule is Ic1ccccc1CC1CCCNC1. The summed E-state index contributed by atoms with van der Waals surface area (Å²) in [6, 6.07) is 8.72. The summed E-state index contributed by atoms with van der Waals surface area (Å²) in [5.41, 5.74) is 1.52. The highest BCUT2D eigenvalue weighted by molar-refractivity contribution is 14.1. The first-order chi connectivity index (χ1) is 6.86. The standard InChI is InChI=1S/C12H16IN/c13-12-6-2-1-5-11(12)8-10-4-3-7-14-9-10/h1-2,5-6,10,14H,3-4,7-9H2. The van der Waals surface area contributed by atoms with Crippen LogP contribution in [0.5, 0.6) is 0 Å². The van der Waals surface area contributed by atoms with Gasteiger partial charge in [0.15, 0.2) is 0 Å². The molecule has 0 aromatic heterocycles. The van der Waals surface area contributed by atoms with Crippen LogP contribution in [0.1, 0.15) is 18.4 Å². The molecular formula is C12H16IN. The Bertz CT molecular complexity index is 292. The molecule has 0 radical (unpaired) electrons. The maximum atomic E-state index is 3.47. The number of halogens is 1. The molecule has 0 spiro atoms. The zero-order valence-corrected chi connectivity index (χ0v) is 10.5. The fourth-order valence-corrected chi connectivity index (χ4v) is 2.68. The molecule has 1 saturated heterocycles. The molecule has 1 atom stereocenters. The molecule has 1 heterocycles. The smallest absolute Gasteiger partial charge is 0.0162 e. The van der Waals surface area contributed by atoms with Gasteiger partial charge in [-0.3, -0.25) is 0 Å². The van der Waals surface area contributed by atoms with Crippen molar-refractivity contribution in [3.8, 4) is 0 Å². The van der Waals surface area contributed by atoms with Gasteiger partial charge in [-0.05, 0) is 72.5 Å². The first-order valence-corrected chi connectivity index (χ1v) is 6.38. The third-order valence-electron chi connectivity index (χ3n) is 2.87. The van der Waals surface area contributed by atoms with Crippen LogP contribution in [0.3, 0.4) is 0 Å². The third kappa shape index (κ3) is 2.70. The van der Waals surface area contributed by atoms with E-state index in [4.69, 9.17) is 0 Å². The molecule has 1 unspecified atom stereocenters. The van der Waals surface area contributed by atoms with Gasteiger partial charge in [0.2, 0.25) is 0 Å². The predicted molar refractivity (Wildman–Crippen MR) is 68.5 cm³/mol. The van der Waals surface area contributed by atoms with Crippen molar-refractivity contribution in [3.63, 3.8) is 0 Å². The molecule has 1 N–H and O–H groups in total. The number of piperidine rings is 1. The molecule has 1 fully saturated rings. The van der Waals surface area contributed by atoms with Crippen LogP contribution in [-0.2, 0) is 6.42 Å². The van der Waals surface area contributed by atoms with Gasteiger partial charge in [-0.1, -0.05) is 18.2 Å². The Kier molecular flexibility index (Phi) is 3.81. The molecule has 2 rings (SSSR count). The zero-order valence-electron chi connectivity index (χ0n) is 8.30. The summed E-state index contributed by atoms with van der Waals surface area (Å²) < 4.78 is 1.41. The average molecular weight is 301 g/mol. The van der Waals surface area contributed by atoms with E-state index in [0.717, 1.165) is 5.92 Å². The van der Waals surface area contributed by atoms with Gasteiger partial charge in [-0.2, -0.15) is 0 Å². The number of nitrogens with one attached hydrogen (secondary N) is 1. The molecule has 0 aliphatic carbocycles. The quantitative estimate of drug-likeness (QED) is 0.828. The lowest BCUT2D eigenvalue weighted by atomic mass is 9.92. The lowest BCUT2D eigenvalue weighted by molar-refractivity contribution is 0.375. The van der Waals surface area contributed by atoms with Crippen LogP contribution < -0.4 is 5.32 Å². The Morgan fingerprint density at radius 3 is 2.93 bits per heavy atom. The Balaban J connectivity index is 1.99. The number of hydrogen-bond acceptors (Lipinski definition) is 1. The third-order valence-corrected chi connectivity index (χ3v) is 3.92. The minimum atomic E-state index is 0.847. The molecule has 1 aromatic rings. The molecule has 14 heavy (non-hydrogen) atoms. The van der Waals surface area contributed by atoms with E-state index in [1.54, 1.807) is 0 Å². The largest absolute Gasteiger partial charge is 0.316 e. The maximum absolute atomic E-state index is 3.47. The molecular weight excluding hydrogens is 285 g/mol. The Labute approximate surface area is 99.4 Å². The van der Waals surface area contributed by atoms with E-state index >= 15 is 0 Å². The summed E-state index contributed by atoms with van der Waals surface area (Å²) in [5, 5.41) is 3.47. The normalized spacial score (nSPS) is 22.2. The zero-order chi connectivity index (χ0) is 9.80. The second-order valence-corrected chi connectivity index (χ2v) is 5.17. The van der Waals surface area contributed by atoms with Crippen molar-refractivity contribution in [2.75, 3.05) is 13.1 Å². The van der Waals surface area contributed by atoms with Crippen molar-refractivity contribution >= 4 is 22.6 Å². The summed E-state index contributed by atoms with van der Waals surface area (Å²) >= 11 is 2.44. The van der Waals surface area contributed by atoms with E-state index in [-0.39, 0.29) is 0 Å². The minimum absolute atomic E-state index is 0.847. The molecule has 1 nitrogen and oxygen atoms in total. The lowest BCUT2D eigenvalue weighted by Gasteiger charge is -2.23. The van der Waals surface area contributed by atoms with E-state index < -0.39 is 0 Å². The van der Waals surface area contributed by atoms with Gasteiger partial charge in [-0.15, -0.1) is 0 Å². The summed E-state index contributed by atoms with van der Waals surface area (Å²) in [5.74, 6) is 0.847. The van der Waals surface area contributed by atoms with Crippen LogP contribution >= 0.6 is 22.6 Å². The van der Waals surface area contributed by atoms with Gasteiger partial charge < -0.3 is 5.32 Å². The highest BCUT2D eigenvalue weighted by Gasteiger charge is 2.14. The molecule has 0 saturated carbocycles. The van der Waals surface area contributed by atoms with E-state index in [1.807, 2.05) is 0 Å². The highest BCUT2D eigenvalue weighted by Crippen LogP contribution is 2.20. The van der Waals surface area contributed by atoms with Gasteiger partial charge >= 0.3 is 0 Å². The van der Waals surface area contributed by atoms with E-state index in [2.05, 4.69) is 52.2 Å². The second kappa shape index (κ2) is 5.12. The van der Waals surface area contributed by atoms with Crippen molar-refractivity contribution < 1.29 is 0 Å². The second-order valence-electron chi connectivity index (χ2n) is 4.01. The molecule has 76 valence electrons. The molecule has 1 aromatic carbocycles. The van der Waals surface area contributed by atoms with Crippen molar-refractivity contribution in [1.82, 2.24) is 5.32 Å². The number of benzene rings is 1. The maximum Gasteiger partial charge on any atom is 0.0162 e. The van der Waals surface area contributed by atoms with Gasteiger partial charge in [0.05, 0.1) is 0 Å². The topological polar surface area (TPSA) is 12.0 Å². The van der Waals surface area contributed by atoms with Crippen molar-refractivity contribution in [3.05, 3.63) is 33.4 Å². The van der Waals surface area contributed by atoms with Gasteiger partial charge in [0.25, 0.3) is 0 Å². The van der Waals surface area contributed by atoms with E-state index in [0.29, 0.717) is 0 Å². The fourth-order valence-electron chi connectivity index (χ4n) is 2.07. The van der Waals surface area contributed by atoms with Crippen LogP contribution in [-0.4, -0.2) is 13.1 Å². The van der Waals surface area contributed by atoms with Crippen LogP contribution in [0, 0.1) is 9.49 Å². The van der Waals surface area contributed by atoms with Gasteiger partial charge in [-0.25, -0.2) is 0 Å². The highest BCUT2D eigenvalue weighted by atomic mass is 127. The monoisotopic (exact) mass is 301 g/mol. The van der Waals surface area contributed by atoms with Crippen molar-refractivity contribution in [2.24, 2.45) is 5.92 Å². The van der Waals surface area contributed by atoms with Crippen LogP contribution in [0.4, 0.5) is 0 Å². The summed E-state index contributed by atoms with van der Waals surface area (Å²) in [6.07, 6.45) is 3.97. The van der Waals surface area contributed by atoms with E-state index in [1.165, 1.54) is 41.5 Å². The summed E-state index contributed by atoms with van der Waals surface area (Å²) in [7, 11) is 0. The number of rotatable bonds is 2. The van der Waals surface area contributed by atoms with Crippen LogP contribution in [0.2, 0.25) is 0 Å². The molecule has 0 amide bonds. The molecule has 1 aliphatic rings. The Morgan fingerprint density at radius 1 is 1.36 bits per heavy atom. The van der Waals surface area contributed by atoms with Crippen molar-refractivity contribution in [2.45, 2.75) is 19.3 Å². The predicted octanol–water partition coefficient (Wildman–Crippen LogP) is 2.83. The first kappa shape index (κ1) is 10.4. The van der Waals surface area contributed by atoms with Crippen molar-refractivity contribution in [1.29, 1.82) is 0 Å². The molecule has 2 heteroatoms. The Morgan fingerprint density at radius 2 is 2.21 bits per heavy atom. The Hall–Kier alpha value is -0.0900. The van der Waals surface area contributed by atoms with Crippen LogP contribution in [0.15, 0.2) is 24.3 Å². The van der Waals surface area contributed by atoms with E-state index in [9.17, 15) is 0 Å². The number of hydrogen-bond donors (Lipinski definition) is 1. The fraction of sp³-hybridized carbons (Fsp3) is 0.500. The molecule has 1 aliphatic heterocycles. The lowest BCUT2D eigenvalue weighted by Crippen LogP contribution is -2.30. The van der Waals surface area contributed by atoms with Crippen LogP contribution in [0.25, 0.3) is 0 Å².